The van der Waals surface area contributed by atoms with Crippen molar-refractivity contribution in [1.82, 2.24) is 9.55 Å². The fourth-order valence-corrected chi connectivity index (χ4v) is 2.81. The van der Waals surface area contributed by atoms with Crippen molar-refractivity contribution in [3.05, 3.63) is 63.7 Å². The Bertz CT molecular complexity index is 1010. The Morgan fingerprint density at radius 2 is 2.12 bits per heavy atom. The first-order chi connectivity index (χ1) is 12.0. The number of carbonyl (C=O) groups is 1. The van der Waals surface area contributed by atoms with Gasteiger partial charge in [0.1, 0.15) is 12.3 Å². The molecule has 0 saturated carbocycles. The summed E-state index contributed by atoms with van der Waals surface area (Å²) in [7, 11) is 1.51. The van der Waals surface area contributed by atoms with Crippen LogP contribution in [0.25, 0.3) is 10.9 Å². The van der Waals surface area contributed by atoms with E-state index in [-0.39, 0.29) is 18.0 Å². The summed E-state index contributed by atoms with van der Waals surface area (Å²) in [6, 6.07) is 10.3. The SMILES string of the molecule is COc1ccc(NC(=O)Cn2cnc3c(C)cccc3c2=O)cc1Cl. The van der Waals surface area contributed by atoms with Crippen LogP contribution in [0.15, 0.2) is 47.5 Å². The van der Waals surface area contributed by atoms with E-state index in [1.807, 2.05) is 13.0 Å². The molecule has 1 aromatic heterocycles. The number of nitrogens with zero attached hydrogens (tertiary/aromatic N) is 2. The highest BCUT2D eigenvalue weighted by molar-refractivity contribution is 6.32. The van der Waals surface area contributed by atoms with Crippen LogP contribution in [-0.4, -0.2) is 22.6 Å². The van der Waals surface area contributed by atoms with Crippen molar-refractivity contribution >= 4 is 34.1 Å². The van der Waals surface area contributed by atoms with Gasteiger partial charge in [-0.2, -0.15) is 0 Å². The van der Waals surface area contributed by atoms with Gasteiger partial charge in [-0.3, -0.25) is 14.2 Å². The number of fused-ring (bicyclic) bond motifs is 1. The average Bonchev–Trinajstić information content (AvgIpc) is 2.58. The number of aryl methyl sites for hydroxylation is 1. The molecule has 0 aliphatic carbocycles. The molecule has 0 radical (unpaired) electrons. The number of para-hydroxylation sites is 1. The van der Waals surface area contributed by atoms with Gasteiger partial charge in [-0.25, -0.2) is 4.98 Å². The summed E-state index contributed by atoms with van der Waals surface area (Å²) in [4.78, 5) is 29.0. The number of benzene rings is 2. The van der Waals surface area contributed by atoms with Crippen molar-refractivity contribution in [2.45, 2.75) is 13.5 Å². The van der Waals surface area contributed by atoms with Crippen LogP contribution in [0.2, 0.25) is 5.02 Å². The number of nitrogens with one attached hydrogen (secondary N) is 1. The molecule has 0 aliphatic heterocycles. The van der Waals surface area contributed by atoms with Gasteiger partial charge in [-0.05, 0) is 36.8 Å². The average molecular weight is 358 g/mol. The molecular formula is C18H16ClN3O3. The number of methoxy groups -OCH3 is 1. The Morgan fingerprint density at radius 1 is 1.32 bits per heavy atom. The highest BCUT2D eigenvalue weighted by Crippen LogP contribution is 2.27. The Morgan fingerprint density at radius 3 is 2.84 bits per heavy atom. The molecule has 0 unspecified atom stereocenters. The number of aromatic nitrogens is 2. The third kappa shape index (κ3) is 3.49. The number of amides is 1. The summed E-state index contributed by atoms with van der Waals surface area (Å²) in [6.07, 6.45) is 1.39. The summed E-state index contributed by atoms with van der Waals surface area (Å²) >= 11 is 6.04. The zero-order valence-corrected chi connectivity index (χ0v) is 14.5. The first-order valence-corrected chi connectivity index (χ1v) is 7.95. The Hall–Kier alpha value is -2.86. The van der Waals surface area contributed by atoms with E-state index in [1.54, 1.807) is 30.3 Å². The Labute approximate surface area is 149 Å². The van der Waals surface area contributed by atoms with Crippen molar-refractivity contribution in [2.24, 2.45) is 0 Å². The summed E-state index contributed by atoms with van der Waals surface area (Å²) < 4.78 is 6.35. The predicted molar refractivity (Wildman–Crippen MR) is 97.4 cm³/mol. The molecule has 1 amide bonds. The van der Waals surface area contributed by atoms with E-state index in [4.69, 9.17) is 16.3 Å². The van der Waals surface area contributed by atoms with Gasteiger partial charge in [0, 0.05) is 5.69 Å². The number of halogens is 1. The summed E-state index contributed by atoms with van der Waals surface area (Å²) in [6.45, 7) is 1.75. The van der Waals surface area contributed by atoms with Crippen LogP contribution in [0.4, 0.5) is 5.69 Å². The normalized spacial score (nSPS) is 10.7. The standard InChI is InChI=1S/C18H16ClN3O3/c1-11-4-3-5-13-17(11)20-10-22(18(13)24)9-16(23)21-12-6-7-15(25-2)14(19)8-12/h3-8,10H,9H2,1-2H3,(H,21,23). The lowest BCUT2D eigenvalue weighted by molar-refractivity contribution is -0.116. The minimum Gasteiger partial charge on any atom is -0.495 e. The second kappa shape index (κ2) is 6.94. The molecule has 0 saturated heterocycles. The third-order valence-corrected chi connectivity index (χ3v) is 4.10. The van der Waals surface area contributed by atoms with Crippen molar-refractivity contribution in [2.75, 3.05) is 12.4 Å². The van der Waals surface area contributed by atoms with Gasteiger partial charge in [-0.15, -0.1) is 0 Å². The fraction of sp³-hybridized carbons (Fsp3) is 0.167. The third-order valence-electron chi connectivity index (χ3n) is 3.80. The van der Waals surface area contributed by atoms with Gasteiger partial charge in [0.05, 0.1) is 29.4 Å². The van der Waals surface area contributed by atoms with E-state index < -0.39 is 0 Å². The van der Waals surface area contributed by atoms with Crippen LogP contribution >= 0.6 is 11.6 Å². The summed E-state index contributed by atoms with van der Waals surface area (Å²) in [5.74, 6) is 0.169. The van der Waals surface area contributed by atoms with Gasteiger partial charge < -0.3 is 10.1 Å². The quantitative estimate of drug-likeness (QED) is 0.779. The summed E-state index contributed by atoms with van der Waals surface area (Å²) in [5, 5.41) is 3.58. The molecule has 25 heavy (non-hydrogen) atoms. The molecule has 6 nitrogen and oxygen atoms in total. The highest BCUT2D eigenvalue weighted by atomic mass is 35.5. The number of hydrogen-bond acceptors (Lipinski definition) is 4. The van der Waals surface area contributed by atoms with Crippen LogP contribution in [0.3, 0.4) is 0 Å². The molecule has 0 bridgehead atoms. The van der Waals surface area contributed by atoms with Crippen LogP contribution in [0.5, 0.6) is 5.75 Å². The first kappa shape index (κ1) is 17.0. The molecule has 3 rings (SSSR count). The zero-order chi connectivity index (χ0) is 18.0. The Balaban J connectivity index is 1.81. The van der Waals surface area contributed by atoms with Crippen molar-refractivity contribution in [3.63, 3.8) is 0 Å². The number of hydrogen-bond donors (Lipinski definition) is 1. The largest absolute Gasteiger partial charge is 0.495 e. The lowest BCUT2D eigenvalue weighted by atomic mass is 10.1. The van der Waals surface area contributed by atoms with Gasteiger partial charge in [0.2, 0.25) is 5.91 Å². The molecule has 0 atom stereocenters. The fourth-order valence-electron chi connectivity index (χ4n) is 2.55. The van der Waals surface area contributed by atoms with Gasteiger partial charge in [0.15, 0.2) is 0 Å². The first-order valence-electron chi connectivity index (χ1n) is 7.58. The maximum atomic E-state index is 12.5. The van der Waals surface area contributed by atoms with E-state index in [0.29, 0.717) is 27.4 Å². The molecule has 128 valence electrons. The van der Waals surface area contributed by atoms with E-state index in [1.165, 1.54) is 18.0 Å². The Kier molecular flexibility index (Phi) is 4.72. The molecule has 2 aromatic carbocycles. The minimum atomic E-state index is -0.350. The van der Waals surface area contributed by atoms with Gasteiger partial charge >= 0.3 is 0 Å². The van der Waals surface area contributed by atoms with Crippen LogP contribution in [-0.2, 0) is 11.3 Å². The van der Waals surface area contributed by atoms with Crippen LogP contribution in [0, 0.1) is 6.92 Å². The monoisotopic (exact) mass is 357 g/mol. The molecule has 1 N–H and O–H groups in total. The molecular weight excluding hydrogens is 342 g/mol. The molecule has 7 heteroatoms. The lowest BCUT2D eigenvalue weighted by Crippen LogP contribution is -2.28. The smallest absolute Gasteiger partial charge is 0.261 e. The number of carbonyl (C=O) groups excluding carboxylic acids is 1. The van der Waals surface area contributed by atoms with Crippen molar-refractivity contribution in [1.29, 1.82) is 0 Å². The van der Waals surface area contributed by atoms with E-state index in [9.17, 15) is 9.59 Å². The second-order valence-corrected chi connectivity index (χ2v) is 5.95. The van der Waals surface area contributed by atoms with Gasteiger partial charge in [0.25, 0.3) is 5.56 Å². The lowest BCUT2D eigenvalue weighted by Gasteiger charge is -2.10. The second-order valence-electron chi connectivity index (χ2n) is 5.55. The van der Waals surface area contributed by atoms with Crippen LogP contribution < -0.4 is 15.6 Å². The molecule has 0 fully saturated rings. The number of anilines is 1. The molecule has 0 aliphatic rings. The van der Waals surface area contributed by atoms with E-state index >= 15 is 0 Å². The summed E-state index contributed by atoms with van der Waals surface area (Å²) in [5.41, 5.74) is 1.83. The minimum absolute atomic E-state index is 0.140. The molecule has 3 aromatic rings. The molecule has 0 spiro atoms. The highest BCUT2D eigenvalue weighted by Gasteiger charge is 2.10. The van der Waals surface area contributed by atoms with Gasteiger partial charge in [-0.1, -0.05) is 23.7 Å². The number of rotatable bonds is 4. The predicted octanol–water partition coefficient (Wildman–Crippen LogP) is 3.01. The maximum absolute atomic E-state index is 12.5. The van der Waals surface area contributed by atoms with E-state index in [2.05, 4.69) is 10.3 Å². The zero-order valence-electron chi connectivity index (χ0n) is 13.7. The topological polar surface area (TPSA) is 73.2 Å². The molecule has 1 heterocycles. The van der Waals surface area contributed by atoms with Crippen molar-refractivity contribution < 1.29 is 9.53 Å². The van der Waals surface area contributed by atoms with Crippen LogP contribution in [0.1, 0.15) is 5.56 Å². The maximum Gasteiger partial charge on any atom is 0.261 e. The van der Waals surface area contributed by atoms with Crippen molar-refractivity contribution in [3.8, 4) is 5.75 Å². The number of ether oxygens (including phenoxy) is 1. The van der Waals surface area contributed by atoms with E-state index in [0.717, 1.165) is 5.56 Å².